The summed E-state index contributed by atoms with van der Waals surface area (Å²) in [7, 11) is -0.338. The van der Waals surface area contributed by atoms with E-state index in [2.05, 4.69) is 20.7 Å². The molecule has 1 aromatic heterocycles. The average molecular weight is 529 g/mol. The molecule has 0 saturated carbocycles. The minimum atomic E-state index is -3.63. The molecule has 0 aliphatic carbocycles. The Balaban J connectivity index is 0.00000204. The van der Waals surface area contributed by atoms with Gasteiger partial charge >= 0.3 is 0 Å². The summed E-state index contributed by atoms with van der Waals surface area (Å²) in [5.41, 5.74) is 4.01. The quantitative estimate of drug-likeness (QED) is 0.443. The summed E-state index contributed by atoms with van der Waals surface area (Å²) >= 11 is 0. The van der Waals surface area contributed by atoms with Crippen molar-refractivity contribution in [1.29, 1.82) is 0 Å². The van der Waals surface area contributed by atoms with Gasteiger partial charge in [-0.1, -0.05) is 12.1 Å². The SMILES string of the molecule is COc1cc2c(cc1OC)CN(CCCNS(=O)(=O)c1cccc3cc(C)cnc13)CC2.Cl.Cl. The van der Waals surface area contributed by atoms with Crippen LogP contribution >= 0.6 is 24.8 Å². The van der Waals surface area contributed by atoms with Gasteiger partial charge in [-0.25, -0.2) is 13.1 Å². The molecule has 2 aromatic carbocycles. The molecule has 0 radical (unpaired) electrons. The number of ether oxygens (including phenoxy) is 2. The molecular formula is C24H31Cl2N3O4S. The predicted molar refractivity (Wildman–Crippen MR) is 139 cm³/mol. The highest BCUT2D eigenvalue weighted by Crippen LogP contribution is 2.33. The number of hydrogen-bond acceptors (Lipinski definition) is 6. The second-order valence-corrected chi connectivity index (χ2v) is 9.83. The lowest BCUT2D eigenvalue weighted by atomic mass is 9.98. The van der Waals surface area contributed by atoms with Crippen molar-refractivity contribution in [2.24, 2.45) is 0 Å². The normalized spacial score (nSPS) is 13.5. The maximum atomic E-state index is 12.9. The van der Waals surface area contributed by atoms with Crippen molar-refractivity contribution in [2.75, 3.05) is 33.9 Å². The number of aromatic nitrogens is 1. The largest absolute Gasteiger partial charge is 0.493 e. The molecule has 10 heteroatoms. The van der Waals surface area contributed by atoms with Gasteiger partial charge in [-0.2, -0.15) is 0 Å². The summed E-state index contributed by atoms with van der Waals surface area (Å²) in [6.45, 7) is 4.87. The number of methoxy groups -OCH3 is 2. The van der Waals surface area contributed by atoms with E-state index in [1.807, 2.05) is 25.1 Å². The van der Waals surface area contributed by atoms with Gasteiger partial charge in [0.15, 0.2) is 11.5 Å². The summed E-state index contributed by atoms with van der Waals surface area (Å²) in [5.74, 6) is 1.49. The lowest BCUT2D eigenvalue weighted by Crippen LogP contribution is -2.34. The van der Waals surface area contributed by atoms with Crippen molar-refractivity contribution in [1.82, 2.24) is 14.6 Å². The highest BCUT2D eigenvalue weighted by Gasteiger charge is 2.21. The number of sulfonamides is 1. The van der Waals surface area contributed by atoms with E-state index in [4.69, 9.17) is 9.47 Å². The van der Waals surface area contributed by atoms with Crippen LogP contribution in [0.4, 0.5) is 0 Å². The van der Waals surface area contributed by atoms with Crippen molar-refractivity contribution < 1.29 is 17.9 Å². The molecule has 4 rings (SSSR count). The maximum absolute atomic E-state index is 12.9. The fourth-order valence-electron chi connectivity index (χ4n) is 4.18. The molecule has 3 aromatic rings. The molecule has 34 heavy (non-hydrogen) atoms. The van der Waals surface area contributed by atoms with Crippen LogP contribution in [0.1, 0.15) is 23.1 Å². The number of aryl methyl sites for hydroxylation is 1. The molecular weight excluding hydrogens is 497 g/mol. The molecule has 1 N–H and O–H groups in total. The summed E-state index contributed by atoms with van der Waals surface area (Å²) in [6, 6.07) is 11.3. The van der Waals surface area contributed by atoms with E-state index >= 15 is 0 Å². The Kier molecular flexibility index (Phi) is 9.96. The third-order valence-electron chi connectivity index (χ3n) is 5.84. The Morgan fingerprint density at radius 1 is 1.06 bits per heavy atom. The van der Waals surface area contributed by atoms with Crippen molar-refractivity contribution in [3.63, 3.8) is 0 Å². The first-order valence-electron chi connectivity index (χ1n) is 10.7. The van der Waals surface area contributed by atoms with Gasteiger partial charge in [0.25, 0.3) is 0 Å². The first-order chi connectivity index (χ1) is 15.4. The minimum Gasteiger partial charge on any atom is -0.493 e. The number of hydrogen-bond donors (Lipinski definition) is 1. The second-order valence-electron chi connectivity index (χ2n) is 8.09. The first kappa shape index (κ1) is 28.1. The van der Waals surface area contributed by atoms with E-state index in [0.717, 1.165) is 54.9 Å². The number of halogens is 2. The van der Waals surface area contributed by atoms with E-state index in [-0.39, 0.29) is 29.7 Å². The molecule has 186 valence electrons. The van der Waals surface area contributed by atoms with Gasteiger partial charge in [-0.05, 0) is 67.3 Å². The standard InChI is InChI=1S/C24H29N3O4S.2ClH/c1-17-12-19-6-4-7-23(24(19)25-15-17)32(28,29)26-9-5-10-27-11-8-18-13-21(30-2)22(31-3)14-20(18)16-27;;/h4,6-7,12-15,26H,5,8-11,16H2,1-3H3;2*1H. The van der Waals surface area contributed by atoms with Crippen LogP contribution in [0.25, 0.3) is 10.9 Å². The highest BCUT2D eigenvalue weighted by atomic mass is 35.5. The number of fused-ring (bicyclic) bond motifs is 2. The third-order valence-corrected chi connectivity index (χ3v) is 7.33. The second kappa shape index (κ2) is 12.0. The molecule has 7 nitrogen and oxygen atoms in total. The minimum absolute atomic E-state index is 0. The van der Waals surface area contributed by atoms with E-state index in [9.17, 15) is 8.42 Å². The van der Waals surface area contributed by atoms with Crippen LogP contribution in [0.15, 0.2) is 47.5 Å². The predicted octanol–water partition coefficient (Wildman–Crippen LogP) is 4.13. The number of nitrogens with one attached hydrogen (secondary N) is 1. The Labute approximate surface area is 213 Å². The third kappa shape index (κ3) is 6.12. The van der Waals surface area contributed by atoms with Crippen molar-refractivity contribution in [3.05, 3.63) is 59.3 Å². The van der Waals surface area contributed by atoms with E-state index in [1.165, 1.54) is 11.1 Å². The Morgan fingerprint density at radius 2 is 1.76 bits per heavy atom. The van der Waals surface area contributed by atoms with Gasteiger partial charge in [0.2, 0.25) is 10.0 Å². The smallest absolute Gasteiger partial charge is 0.242 e. The lowest BCUT2D eigenvalue weighted by Gasteiger charge is -2.29. The summed E-state index contributed by atoms with van der Waals surface area (Å²) in [6.07, 6.45) is 3.35. The molecule has 1 aliphatic heterocycles. The van der Waals surface area contributed by atoms with Crippen LogP contribution in [0.2, 0.25) is 0 Å². The molecule has 0 saturated heterocycles. The zero-order chi connectivity index (χ0) is 22.7. The molecule has 0 fully saturated rings. The van der Waals surface area contributed by atoms with E-state index in [1.54, 1.807) is 32.5 Å². The van der Waals surface area contributed by atoms with Crippen LogP contribution < -0.4 is 14.2 Å². The fraction of sp³-hybridized carbons (Fsp3) is 0.375. The number of para-hydroxylation sites is 1. The van der Waals surface area contributed by atoms with Crippen molar-refractivity contribution in [3.8, 4) is 11.5 Å². The topological polar surface area (TPSA) is 80.8 Å². The highest BCUT2D eigenvalue weighted by molar-refractivity contribution is 7.89. The van der Waals surface area contributed by atoms with Crippen LogP contribution in [-0.4, -0.2) is 52.2 Å². The van der Waals surface area contributed by atoms with Crippen molar-refractivity contribution in [2.45, 2.75) is 31.2 Å². The van der Waals surface area contributed by atoms with Gasteiger partial charge in [0.1, 0.15) is 4.90 Å². The van der Waals surface area contributed by atoms with Crippen molar-refractivity contribution >= 4 is 45.7 Å². The Morgan fingerprint density at radius 3 is 2.47 bits per heavy atom. The Bertz CT molecular complexity index is 1240. The van der Waals surface area contributed by atoms with Gasteiger partial charge in [-0.3, -0.25) is 9.88 Å². The summed E-state index contributed by atoms with van der Waals surface area (Å²) in [5, 5.41) is 0.826. The molecule has 0 bridgehead atoms. The number of benzene rings is 2. The maximum Gasteiger partial charge on any atom is 0.242 e. The summed E-state index contributed by atoms with van der Waals surface area (Å²) in [4.78, 5) is 6.91. The zero-order valence-electron chi connectivity index (χ0n) is 19.5. The zero-order valence-corrected chi connectivity index (χ0v) is 22.0. The monoisotopic (exact) mass is 527 g/mol. The van der Waals surface area contributed by atoms with Gasteiger partial charge in [-0.15, -0.1) is 24.8 Å². The molecule has 2 heterocycles. The van der Waals surface area contributed by atoms with Gasteiger partial charge in [0, 0.05) is 31.2 Å². The molecule has 0 spiro atoms. The van der Waals surface area contributed by atoms with Crippen LogP contribution in [-0.2, 0) is 23.0 Å². The molecule has 0 atom stereocenters. The fourth-order valence-corrected chi connectivity index (χ4v) is 5.43. The van der Waals surface area contributed by atoms with Gasteiger partial charge in [0.05, 0.1) is 19.7 Å². The number of nitrogens with zero attached hydrogens (tertiary/aromatic N) is 2. The molecule has 1 aliphatic rings. The summed E-state index contributed by atoms with van der Waals surface area (Å²) < 4.78 is 39.3. The lowest BCUT2D eigenvalue weighted by molar-refractivity contribution is 0.250. The van der Waals surface area contributed by atoms with E-state index < -0.39 is 10.0 Å². The number of pyridine rings is 1. The number of rotatable bonds is 8. The molecule has 0 amide bonds. The van der Waals surface area contributed by atoms with E-state index in [0.29, 0.717) is 12.1 Å². The Hall–Kier alpha value is -2.10. The average Bonchev–Trinajstić information content (AvgIpc) is 2.80. The van der Waals surface area contributed by atoms with Gasteiger partial charge < -0.3 is 9.47 Å². The van der Waals surface area contributed by atoms with Crippen LogP contribution in [0.3, 0.4) is 0 Å². The molecule has 0 unspecified atom stereocenters. The first-order valence-corrected chi connectivity index (χ1v) is 12.2. The van der Waals surface area contributed by atoms with Crippen LogP contribution in [0, 0.1) is 6.92 Å². The van der Waals surface area contributed by atoms with Crippen LogP contribution in [0.5, 0.6) is 11.5 Å².